The SMILES string of the molecule is CCn1cc(CN2CCCC[C@@H]2CCn2ccnc2C)cc1C#N. The Balaban J connectivity index is 1.65. The molecule has 2 aromatic heterocycles. The van der Waals surface area contributed by atoms with E-state index in [1.165, 1.54) is 24.8 Å². The van der Waals surface area contributed by atoms with Gasteiger partial charge in [0.2, 0.25) is 0 Å². The van der Waals surface area contributed by atoms with Crippen molar-refractivity contribution in [3.63, 3.8) is 0 Å². The van der Waals surface area contributed by atoms with Crippen molar-refractivity contribution < 1.29 is 0 Å². The summed E-state index contributed by atoms with van der Waals surface area (Å²) in [7, 11) is 0. The molecule has 0 aliphatic carbocycles. The second kappa shape index (κ2) is 7.67. The molecule has 0 radical (unpaired) electrons. The van der Waals surface area contributed by atoms with Crippen LogP contribution in [0, 0.1) is 18.3 Å². The first-order valence-electron chi connectivity index (χ1n) is 9.02. The highest BCUT2D eigenvalue weighted by molar-refractivity contribution is 5.28. The molecule has 1 saturated heterocycles. The summed E-state index contributed by atoms with van der Waals surface area (Å²) in [5, 5.41) is 9.24. The van der Waals surface area contributed by atoms with E-state index in [0.29, 0.717) is 6.04 Å². The lowest BCUT2D eigenvalue weighted by atomic mass is 9.98. The number of nitrogens with zero attached hydrogens (tertiary/aromatic N) is 5. The van der Waals surface area contributed by atoms with Gasteiger partial charge in [0.05, 0.1) is 0 Å². The lowest BCUT2D eigenvalue weighted by Crippen LogP contribution is -2.39. The van der Waals surface area contributed by atoms with Gasteiger partial charge in [-0.05, 0) is 51.3 Å². The fraction of sp³-hybridized carbons (Fsp3) is 0.579. The smallest absolute Gasteiger partial charge is 0.120 e. The van der Waals surface area contributed by atoms with Crippen molar-refractivity contribution in [1.82, 2.24) is 19.0 Å². The van der Waals surface area contributed by atoms with Crippen LogP contribution in [0.3, 0.4) is 0 Å². The van der Waals surface area contributed by atoms with E-state index in [2.05, 4.69) is 52.8 Å². The molecule has 1 aliphatic heterocycles. The average Bonchev–Trinajstić information content (AvgIpc) is 3.19. The Hall–Kier alpha value is -2.06. The summed E-state index contributed by atoms with van der Waals surface area (Å²) in [6.07, 6.45) is 11.1. The van der Waals surface area contributed by atoms with E-state index in [4.69, 9.17) is 0 Å². The number of hydrogen-bond donors (Lipinski definition) is 0. The van der Waals surface area contributed by atoms with E-state index in [1.807, 2.05) is 10.8 Å². The number of imidazole rings is 1. The summed E-state index contributed by atoms with van der Waals surface area (Å²) in [5.74, 6) is 1.09. The molecule has 128 valence electrons. The van der Waals surface area contributed by atoms with Gasteiger partial charge in [-0.15, -0.1) is 0 Å². The summed E-state index contributed by atoms with van der Waals surface area (Å²) in [6.45, 7) is 8.15. The monoisotopic (exact) mass is 325 g/mol. The Labute approximate surface area is 144 Å². The maximum atomic E-state index is 9.24. The van der Waals surface area contributed by atoms with Crippen LogP contribution in [-0.2, 0) is 19.6 Å². The molecule has 2 aromatic rings. The molecular weight excluding hydrogens is 298 g/mol. The fourth-order valence-corrected chi connectivity index (χ4v) is 3.77. The quantitative estimate of drug-likeness (QED) is 0.818. The number of piperidine rings is 1. The first kappa shape index (κ1) is 16.8. The molecule has 0 aromatic carbocycles. The predicted octanol–water partition coefficient (Wildman–Crippen LogP) is 3.33. The number of rotatable bonds is 6. The highest BCUT2D eigenvalue weighted by Crippen LogP contribution is 2.23. The van der Waals surface area contributed by atoms with Crippen molar-refractivity contribution in [3.8, 4) is 6.07 Å². The minimum Gasteiger partial charge on any atom is -0.339 e. The van der Waals surface area contributed by atoms with Crippen LogP contribution >= 0.6 is 0 Å². The zero-order valence-electron chi connectivity index (χ0n) is 14.8. The molecule has 0 amide bonds. The molecule has 0 saturated carbocycles. The molecule has 5 heteroatoms. The molecular formula is C19H27N5. The van der Waals surface area contributed by atoms with E-state index in [9.17, 15) is 5.26 Å². The molecule has 3 heterocycles. The molecule has 5 nitrogen and oxygen atoms in total. The highest BCUT2D eigenvalue weighted by atomic mass is 15.2. The lowest BCUT2D eigenvalue weighted by molar-refractivity contribution is 0.128. The summed E-state index contributed by atoms with van der Waals surface area (Å²) in [4.78, 5) is 6.92. The van der Waals surface area contributed by atoms with Crippen LogP contribution in [0.2, 0.25) is 0 Å². The molecule has 1 atom stereocenters. The second-order valence-electron chi connectivity index (χ2n) is 6.71. The molecule has 24 heavy (non-hydrogen) atoms. The highest BCUT2D eigenvalue weighted by Gasteiger charge is 2.23. The minimum absolute atomic E-state index is 0.621. The van der Waals surface area contributed by atoms with E-state index < -0.39 is 0 Å². The number of likely N-dealkylation sites (tertiary alicyclic amines) is 1. The van der Waals surface area contributed by atoms with Gasteiger partial charge in [0.25, 0.3) is 0 Å². The standard InChI is InChI=1S/C19H27N5/c1-3-22-14-17(12-19(22)13-20)15-24-9-5-4-6-18(24)7-10-23-11-8-21-16(23)2/h8,11-12,14,18H,3-7,9-10,15H2,1-2H3/t18-/m1/s1. The van der Waals surface area contributed by atoms with E-state index in [1.54, 1.807) is 0 Å². The van der Waals surface area contributed by atoms with Crippen molar-refractivity contribution in [2.24, 2.45) is 0 Å². The van der Waals surface area contributed by atoms with Crippen LogP contribution in [0.4, 0.5) is 0 Å². The van der Waals surface area contributed by atoms with Crippen LogP contribution in [0.1, 0.15) is 49.7 Å². The number of hydrogen-bond acceptors (Lipinski definition) is 3. The largest absolute Gasteiger partial charge is 0.339 e. The van der Waals surface area contributed by atoms with Crippen molar-refractivity contribution >= 4 is 0 Å². The van der Waals surface area contributed by atoms with Crippen molar-refractivity contribution in [2.45, 2.75) is 65.2 Å². The minimum atomic E-state index is 0.621. The Bertz CT molecular complexity index is 706. The van der Waals surface area contributed by atoms with Gasteiger partial charge in [-0.1, -0.05) is 6.42 Å². The van der Waals surface area contributed by atoms with Gasteiger partial charge in [0, 0.05) is 44.3 Å². The van der Waals surface area contributed by atoms with Crippen LogP contribution in [0.15, 0.2) is 24.7 Å². The predicted molar refractivity (Wildman–Crippen MR) is 94.5 cm³/mol. The van der Waals surface area contributed by atoms with Gasteiger partial charge in [0.15, 0.2) is 0 Å². The van der Waals surface area contributed by atoms with Crippen molar-refractivity contribution in [3.05, 3.63) is 41.7 Å². The van der Waals surface area contributed by atoms with Gasteiger partial charge in [-0.25, -0.2) is 4.98 Å². The second-order valence-corrected chi connectivity index (χ2v) is 6.71. The van der Waals surface area contributed by atoms with Crippen molar-refractivity contribution in [2.75, 3.05) is 6.54 Å². The Morgan fingerprint density at radius 2 is 2.21 bits per heavy atom. The van der Waals surface area contributed by atoms with Gasteiger partial charge in [-0.3, -0.25) is 4.90 Å². The maximum absolute atomic E-state index is 9.24. The molecule has 1 aliphatic rings. The first-order valence-corrected chi connectivity index (χ1v) is 9.02. The molecule has 0 spiro atoms. The van der Waals surface area contributed by atoms with Gasteiger partial charge in [-0.2, -0.15) is 5.26 Å². The summed E-state index contributed by atoms with van der Waals surface area (Å²) < 4.78 is 4.29. The molecule has 0 N–H and O–H groups in total. The normalized spacial score (nSPS) is 18.6. The van der Waals surface area contributed by atoms with Crippen LogP contribution in [-0.4, -0.2) is 31.6 Å². The fourth-order valence-electron chi connectivity index (χ4n) is 3.77. The topological polar surface area (TPSA) is 49.8 Å². The first-order chi connectivity index (χ1) is 11.7. The third-order valence-corrected chi connectivity index (χ3v) is 5.17. The Morgan fingerprint density at radius 1 is 1.33 bits per heavy atom. The molecule has 1 fully saturated rings. The van der Waals surface area contributed by atoms with Crippen molar-refractivity contribution in [1.29, 1.82) is 5.26 Å². The average molecular weight is 325 g/mol. The Morgan fingerprint density at radius 3 is 2.88 bits per heavy atom. The summed E-state index contributed by atoms with van der Waals surface area (Å²) in [6, 6.07) is 4.97. The molecule has 3 rings (SSSR count). The Kier molecular flexibility index (Phi) is 5.37. The number of nitriles is 1. The zero-order valence-corrected chi connectivity index (χ0v) is 14.8. The molecule has 0 bridgehead atoms. The zero-order chi connectivity index (χ0) is 16.9. The maximum Gasteiger partial charge on any atom is 0.120 e. The number of aromatic nitrogens is 3. The molecule has 0 unspecified atom stereocenters. The third kappa shape index (κ3) is 3.70. The third-order valence-electron chi connectivity index (χ3n) is 5.17. The van der Waals surface area contributed by atoms with Gasteiger partial charge >= 0.3 is 0 Å². The van der Waals surface area contributed by atoms with Crippen LogP contribution in [0.5, 0.6) is 0 Å². The van der Waals surface area contributed by atoms with E-state index >= 15 is 0 Å². The summed E-state index contributed by atoms with van der Waals surface area (Å²) in [5.41, 5.74) is 2.04. The van der Waals surface area contributed by atoms with Gasteiger partial charge in [0.1, 0.15) is 17.6 Å². The van der Waals surface area contributed by atoms with E-state index in [-0.39, 0.29) is 0 Å². The van der Waals surface area contributed by atoms with Gasteiger partial charge < -0.3 is 9.13 Å². The number of aryl methyl sites for hydroxylation is 3. The van der Waals surface area contributed by atoms with E-state index in [0.717, 1.165) is 44.1 Å². The lowest BCUT2D eigenvalue weighted by Gasteiger charge is -2.35. The summed E-state index contributed by atoms with van der Waals surface area (Å²) >= 11 is 0. The van der Waals surface area contributed by atoms with Crippen LogP contribution < -0.4 is 0 Å². The van der Waals surface area contributed by atoms with Crippen LogP contribution in [0.25, 0.3) is 0 Å².